The van der Waals surface area contributed by atoms with E-state index in [1.54, 1.807) is 38.1 Å². The average Bonchev–Trinajstić information content (AvgIpc) is 2.53. The Kier molecular flexibility index (Phi) is 2.75. The molecule has 116 valence electrons. The summed E-state index contributed by atoms with van der Waals surface area (Å²) >= 11 is 0. The molecule has 0 aromatic heterocycles. The Hall–Kier alpha value is -2.23. The third kappa shape index (κ3) is 1.75. The van der Waals surface area contributed by atoms with E-state index < -0.39 is 17.0 Å². The highest BCUT2D eigenvalue weighted by molar-refractivity contribution is 5.90. The fourth-order valence-corrected chi connectivity index (χ4v) is 3.85. The molecule has 3 heteroatoms. The molecule has 0 saturated heterocycles. The van der Waals surface area contributed by atoms with Gasteiger partial charge >= 0.3 is 0 Å². The van der Waals surface area contributed by atoms with Gasteiger partial charge in [-0.2, -0.15) is 0 Å². The quantitative estimate of drug-likeness (QED) is 0.663. The molecule has 2 atom stereocenters. The van der Waals surface area contributed by atoms with Crippen molar-refractivity contribution in [3.05, 3.63) is 82.7 Å². The summed E-state index contributed by atoms with van der Waals surface area (Å²) < 4.78 is 14.6. The maximum atomic E-state index is 14.6. The van der Waals surface area contributed by atoms with E-state index in [0.29, 0.717) is 33.0 Å². The summed E-state index contributed by atoms with van der Waals surface area (Å²) in [6.45, 7) is 3.35. The average molecular weight is 308 g/mol. The van der Waals surface area contributed by atoms with Gasteiger partial charge in [-0.15, -0.1) is 0 Å². The second-order valence-corrected chi connectivity index (χ2v) is 6.52. The zero-order chi connectivity index (χ0) is 16.4. The number of hydrogen-bond donors (Lipinski definition) is 2. The minimum atomic E-state index is -1.36. The summed E-state index contributed by atoms with van der Waals surface area (Å²) in [5.74, 6) is -0.394. The van der Waals surface area contributed by atoms with Gasteiger partial charge in [0.2, 0.25) is 0 Å². The molecule has 0 fully saturated rings. The summed E-state index contributed by atoms with van der Waals surface area (Å²) in [5.41, 5.74) is -0.433. The van der Waals surface area contributed by atoms with E-state index in [2.05, 4.69) is 0 Å². The molecule has 0 unspecified atom stereocenters. The number of hydrogen-bond acceptors (Lipinski definition) is 2. The van der Waals surface area contributed by atoms with Gasteiger partial charge in [0.25, 0.3) is 0 Å². The van der Waals surface area contributed by atoms with Crippen molar-refractivity contribution in [1.82, 2.24) is 0 Å². The van der Waals surface area contributed by atoms with Crippen molar-refractivity contribution in [2.24, 2.45) is 0 Å². The maximum Gasteiger partial charge on any atom is 0.131 e. The monoisotopic (exact) mass is 308 g/mol. The molecule has 0 bridgehead atoms. The van der Waals surface area contributed by atoms with Crippen molar-refractivity contribution in [3.63, 3.8) is 0 Å². The number of halogens is 1. The van der Waals surface area contributed by atoms with Gasteiger partial charge in [-0.05, 0) is 42.0 Å². The summed E-state index contributed by atoms with van der Waals surface area (Å²) in [6.07, 6.45) is 0. The highest BCUT2D eigenvalue weighted by atomic mass is 19.1. The minimum absolute atomic E-state index is 0.394. The highest BCUT2D eigenvalue weighted by Crippen LogP contribution is 2.50. The molecule has 2 nitrogen and oxygen atoms in total. The van der Waals surface area contributed by atoms with E-state index in [1.807, 2.05) is 24.3 Å². The smallest absolute Gasteiger partial charge is 0.131 e. The van der Waals surface area contributed by atoms with Crippen molar-refractivity contribution in [3.8, 4) is 0 Å². The van der Waals surface area contributed by atoms with E-state index in [4.69, 9.17) is 0 Å². The van der Waals surface area contributed by atoms with Crippen LogP contribution in [0, 0.1) is 5.82 Å². The fraction of sp³-hybridized carbons (Fsp3) is 0.200. The second kappa shape index (κ2) is 4.40. The molecule has 3 aromatic carbocycles. The summed E-state index contributed by atoms with van der Waals surface area (Å²) in [7, 11) is 0. The van der Waals surface area contributed by atoms with Crippen LogP contribution in [-0.4, -0.2) is 10.2 Å². The van der Waals surface area contributed by atoms with Crippen molar-refractivity contribution >= 4 is 10.8 Å². The molecule has 3 aromatic rings. The van der Waals surface area contributed by atoms with Crippen LogP contribution in [0.3, 0.4) is 0 Å². The molecule has 0 spiro atoms. The number of aliphatic hydroxyl groups is 2. The van der Waals surface area contributed by atoms with Crippen LogP contribution in [0.5, 0.6) is 0 Å². The SMILES string of the molecule is C[C@]1(O)c2ccccc2[C@](C)(O)c2c1cc(F)c1ccccc21. The summed E-state index contributed by atoms with van der Waals surface area (Å²) in [5, 5.41) is 23.5. The van der Waals surface area contributed by atoms with Crippen molar-refractivity contribution in [2.75, 3.05) is 0 Å². The van der Waals surface area contributed by atoms with Crippen molar-refractivity contribution in [2.45, 2.75) is 25.0 Å². The van der Waals surface area contributed by atoms with Gasteiger partial charge in [-0.3, -0.25) is 0 Å². The van der Waals surface area contributed by atoms with Crippen molar-refractivity contribution in [1.29, 1.82) is 0 Å². The van der Waals surface area contributed by atoms with E-state index in [1.165, 1.54) is 6.07 Å². The lowest BCUT2D eigenvalue weighted by Gasteiger charge is -2.42. The molecule has 1 aliphatic rings. The Balaban J connectivity index is 2.22. The van der Waals surface area contributed by atoms with Crippen LogP contribution in [0.2, 0.25) is 0 Å². The Morgan fingerprint density at radius 3 is 1.91 bits per heavy atom. The lowest BCUT2D eigenvalue weighted by molar-refractivity contribution is 0.0519. The summed E-state index contributed by atoms with van der Waals surface area (Å²) in [6, 6.07) is 15.6. The van der Waals surface area contributed by atoms with Crippen LogP contribution in [0.4, 0.5) is 4.39 Å². The van der Waals surface area contributed by atoms with Crippen LogP contribution in [0.1, 0.15) is 36.1 Å². The molecular formula is C20H17FO2. The molecule has 0 heterocycles. The first-order valence-electron chi connectivity index (χ1n) is 7.62. The molecule has 23 heavy (non-hydrogen) atoms. The first-order valence-corrected chi connectivity index (χ1v) is 7.62. The highest BCUT2D eigenvalue weighted by Gasteiger charge is 2.45. The van der Waals surface area contributed by atoms with Gasteiger partial charge in [0.1, 0.15) is 17.0 Å². The minimum Gasteiger partial charge on any atom is -0.381 e. The Morgan fingerprint density at radius 1 is 0.739 bits per heavy atom. The molecule has 4 rings (SSSR count). The van der Waals surface area contributed by atoms with Gasteiger partial charge in [0, 0.05) is 10.9 Å². The second-order valence-electron chi connectivity index (χ2n) is 6.52. The predicted molar refractivity (Wildman–Crippen MR) is 87.7 cm³/mol. The maximum absolute atomic E-state index is 14.6. The van der Waals surface area contributed by atoms with E-state index in [9.17, 15) is 14.6 Å². The number of rotatable bonds is 0. The van der Waals surface area contributed by atoms with Crippen LogP contribution in [0.15, 0.2) is 54.6 Å². The van der Waals surface area contributed by atoms with Crippen LogP contribution >= 0.6 is 0 Å². The molecule has 0 radical (unpaired) electrons. The number of fused-ring (bicyclic) bond motifs is 4. The molecule has 1 aliphatic carbocycles. The fourth-order valence-electron chi connectivity index (χ4n) is 3.85. The normalized spacial score (nSPS) is 26.0. The first-order chi connectivity index (χ1) is 10.8. The standard InChI is InChI=1S/C20H17FO2/c1-19(22)14-9-5-6-10-15(14)20(2,23)18-13-8-4-3-7-12(13)17(21)11-16(18)19/h3-11,22-23H,1-2H3/t19-,20-/m0/s1. The van der Waals surface area contributed by atoms with Gasteiger partial charge in [-0.1, -0.05) is 48.5 Å². The van der Waals surface area contributed by atoms with Crippen LogP contribution < -0.4 is 0 Å². The zero-order valence-corrected chi connectivity index (χ0v) is 13.0. The Bertz CT molecular complexity index is 942. The molecular weight excluding hydrogens is 291 g/mol. The summed E-state index contributed by atoms with van der Waals surface area (Å²) in [4.78, 5) is 0. The van der Waals surface area contributed by atoms with Gasteiger partial charge in [-0.25, -0.2) is 4.39 Å². The molecule has 0 saturated carbocycles. The zero-order valence-electron chi connectivity index (χ0n) is 13.0. The topological polar surface area (TPSA) is 40.5 Å². The first kappa shape index (κ1) is 14.4. The third-order valence-corrected chi connectivity index (χ3v) is 4.98. The van der Waals surface area contributed by atoms with Gasteiger partial charge < -0.3 is 10.2 Å². The van der Waals surface area contributed by atoms with E-state index in [-0.39, 0.29) is 0 Å². The largest absolute Gasteiger partial charge is 0.381 e. The van der Waals surface area contributed by atoms with E-state index >= 15 is 0 Å². The van der Waals surface area contributed by atoms with Crippen LogP contribution in [-0.2, 0) is 11.2 Å². The predicted octanol–water partition coefficient (Wildman–Crippen LogP) is 3.80. The lowest BCUT2D eigenvalue weighted by atomic mass is 9.67. The van der Waals surface area contributed by atoms with Gasteiger partial charge in [0.05, 0.1) is 0 Å². The number of benzene rings is 3. The Morgan fingerprint density at radius 2 is 1.26 bits per heavy atom. The lowest BCUT2D eigenvalue weighted by Crippen LogP contribution is -2.40. The third-order valence-electron chi connectivity index (χ3n) is 4.98. The molecule has 0 aliphatic heterocycles. The Labute approximate surface area is 133 Å². The van der Waals surface area contributed by atoms with Crippen molar-refractivity contribution < 1.29 is 14.6 Å². The van der Waals surface area contributed by atoms with E-state index in [0.717, 1.165) is 0 Å². The van der Waals surface area contributed by atoms with Crippen LogP contribution in [0.25, 0.3) is 10.8 Å². The van der Waals surface area contributed by atoms with Gasteiger partial charge in [0.15, 0.2) is 0 Å². The molecule has 0 amide bonds. The molecule has 2 N–H and O–H groups in total.